The summed E-state index contributed by atoms with van der Waals surface area (Å²) in [5.74, 6) is -0.117. The second-order valence-electron chi connectivity index (χ2n) is 5.05. The minimum Gasteiger partial charge on any atom is -0.482 e. The predicted molar refractivity (Wildman–Crippen MR) is 101 cm³/mol. The summed E-state index contributed by atoms with van der Waals surface area (Å²) in [7, 11) is 1.47. The molecule has 0 fully saturated rings. The standard InChI is InChI=1S/C16H24ClN3O4.ClH/c1-4-20(5-2)15(21)10-24-14-7-6-11(8-12(14)17)19-16(22)13(18)9-23-3;/h6-8,13H,4-5,9-10,18H2,1-3H3,(H,19,22);1H. The van der Waals surface area contributed by atoms with E-state index in [0.29, 0.717) is 29.5 Å². The minimum absolute atomic E-state index is 0. The summed E-state index contributed by atoms with van der Waals surface area (Å²) in [6.07, 6.45) is 0. The number of anilines is 1. The first-order chi connectivity index (χ1) is 11.4. The van der Waals surface area contributed by atoms with E-state index in [1.165, 1.54) is 13.2 Å². The van der Waals surface area contributed by atoms with Crippen LogP contribution in [0.2, 0.25) is 5.02 Å². The second-order valence-corrected chi connectivity index (χ2v) is 5.46. The van der Waals surface area contributed by atoms with Crippen molar-refractivity contribution in [3.63, 3.8) is 0 Å². The molecule has 1 atom stereocenters. The van der Waals surface area contributed by atoms with Crippen molar-refractivity contribution in [2.75, 3.05) is 38.7 Å². The molecule has 0 spiro atoms. The van der Waals surface area contributed by atoms with Gasteiger partial charge in [0.2, 0.25) is 5.91 Å². The molecule has 0 aliphatic heterocycles. The van der Waals surface area contributed by atoms with E-state index in [9.17, 15) is 9.59 Å². The zero-order chi connectivity index (χ0) is 18.1. The Morgan fingerprint density at radius 1 is 1.32 bits per heavy atom. The molecule has 0 saturated heterocycles. The SMILES string of the molecule is CCN(CC)C(=O)COc1ccc(NC(=O)C(N)COC)cc1Cl.Cl. The van der Waals surface area contributed by atoms with Gasteiger partial charge in [0.1, 0.15) is 11.8 Å². The number of hydrogen-bond donors (Lipinski definition) is 2. The monoisotopic (exact) mass is 393 g/mol. The van der Waals surface area contributed by atoms with Gasteiger partial charge in [-0.25, -0.2) is 0 Å². The van der Waals surface area contributed by atoms with Gasteiger partial charge < -0.3 is 25.4 Å². The molecule has 0 aliphatic carbocycles. The number of carbonyl (C=O) groups is 2. The van der Waals surface area contributed by atoms with Crippen LogP contribution in [0, 0.1) is 0 Å². The zero-order valence-electron chi connectivity index (χ0n) is 14.6. The molecular weight excluding hydrogens is 369 g/mol. The van der Waals surface area contributed by atoms with Crippen LogP contribution in [0.4, 0.5) is 5.69 Å². The van der Waals surface area contributed by atoms with Gasteiger partial charge in [-0.15, -0.1) is 12.4 Å². The average molecular weight is 394 g/mol. The number of carbonyl (C=O) groups excluding carboxylic acids is 2. The predicted octanol–water partition coefficient (Wildman–Crippen LogP) is 1.92. The molecule has 1 aromatic rings. The molecule has 0 aliphatic rings. The number of nitrogens with two attached hydrogens (primary N) is 1. The fourth-order valence-electron chi connectivity index (χ4n) is 1.99. The van der Waals surface area contributed by atoms with Gasteiger partial charge in [-0.3, -0.25) is 9.59 Å². The van der Waals surface area contributed by atoms with E-state index in [0.717, 1.165) is 0 Å². The van der Waals surface area contributed by atoms with E-state index in [2.05, 4.69) is 5.32 Å². The molecule has 2 amide bonds. The Hall–Kier alpha value is -1.54. The second kappa shape index (κ2) is 11.9. The Labute approximate surface area is 159 Å². The number of hydrogen-bond acceptors (Lipinski definition) is 5. The number of nitrogens with zero attached hydrogens (tertiary/aromatic N) is 1. The van der Waals surface area contributed by atoms with Crippen molar-refractivity contribution < 1.29 is 19.1 Å². The van der Waals surface area contributed by atoms with Crippen molar-refractivity contribution in [3.8, 4) is 5.75 Å². The number of methoxy groups -OCH3 is 1. The van der Waals surface area contributed by atoms with Crippen LogP contribution in [0.3, 0.4) is 0 Å². The number of halogens is 2. The van der Waals surface area contributed by atoms with E-state index in [-0.39, 0.29) is 37.4 Å². The number of benzene rings is 1. The van der Waals surface area contributed by atoms with Crippen molar-refractivity contribution >= 4 is 41.5 Å². The van der Waals surface area contributed by atoms with Gasteiger partial charge in [0.05, 0.1) is 11.6 Å². The Morgan fingerprint density at radius 2 is 1.96 bits per heavy atom. The van der Waals surface area contributed by atoms with E-state index in [4.69, 9.17) is 26.8 Å². The lowest BCUT2D eigenvalue weighted by Gasteiger charge is -2.19. The number of nitrogens with one attached hydrogen (secondary N) is 1. The molecule has 25 heavy (non-hydrogen) atoms. The maximum atomic E-state index is 11.9. The van der Waals surface area contributed by atoms with Crippen molar-refractivity contribution in [1.29, 1.82) is 0 Å². The molecule has 1 unspecified atom stereocenters. The lowest BCUT2D eigenvalue weighted by molar-refractivity contribution is -0.133. The van der Waals surface area contributed by atoms with Gasteiger partial charge in [-0.05, 0) is 32.0 Å². The molecule has 0 saturated carbocycles. The maximum Gasteiger partial charge on any atom is 0.260 e. The van der Waals surface area contributed by atoms with Crippen LogP contribution >= 0.6 is 24.0 Å². The molecule has 0 radical (unpaired) electrons. The highest BCUT2D eigenvalue weighted by Crippen LogP contribution is 2.27. The summed E-state index contributed by atoms with van der Waals surface area (Å²) in [6.45, 7) is 5.08. The number of rotatable bonds is 9. The Kier molecular flexibility index (Phi) is 11.2. The summed E-state index contributed by atoms with van der Waals surface area (Å²) < 4.78 is 10.3. The fourth-order valence-corrected chi connectivity index (χ4v) is 2.23. The van der Waals surface area contributed by atoms with Crippen LogP contribution in [-0.2, 0) is 14.3 Å². The first kappa shape index (κ1) is 23.5. The normalized spacial score (nSPS) is 11.2. The van der Waals surface area contributed by atoms with Crippen molar-refractivity contribution in [1.82, 2.24) is 4.90 Å². The third-order valence-corrected chi connectivity index (χ3v) is 3.65. The van der Waals surface area contributed by atoms with Crippen molar-refractivity contribution in [2.45, 2.75) is 19.9 Å². The highest BCUT2D eigenvalue weighted by atomic mass is 35.5. The van der Waals surface area contributed by atoms with E-state index >= 15 is 0 Å². The number of likely N-dealkylation sites (N-methyl/N-ethyl adjacent to an activating group) is 1. The molecule has 0 bridgehead atoms. The molecule has 142 valence electrons. The third-order valence-electron chi connectivity index (χ3n) is 3.35. The van der Waals surface area contributed by atoms with Crippen molar-refractivity contribution in [2.24, 2.45) is 5.73 Å². The molecule has 7 nitrogen and oxygen atoms in total. The van der Waals surface area contributed by atoms with Crippen molar-refractivity contribution in [3.05, 3.63) is 23.2 Å². The number of ether oxygens (including phenoxy) is 2. The van der Waals surface area contributed by atoms with Crippen LogP contribution in [-0.4, -0.2) is 56.2 Å². The maximum absolute atomic E-state index is 11.9. The molecular formula is C16H25Cl2N3O4. The van der Waals surface area contributed by atoms with Gasteiger partial charge in [-0.2, -0.15) is 0 Å². The Balaban J connectivity index is 0.00000576. The Morgan fingerprint density at radius 3 is 2.48 bits per heavy atom. The molecule has 3 N–H and O–H groups in total. The zero-order valence-corrected chi connectivity index (χ0v) is 16.2. The van der Waals surface area contributed by atoms with Crippen LogP contribution in [0.1, 0.15) is 13.8 Å². The summed E-state index contributed by atoms with van der Waals surface area (Å²) in [5, 5.41) is 2.93. The smallest absolute Gasteiger partial charge is 0.260 e. The van der Waals surface area contributed by atoms with Gasteiger partial charge in [0.15, 0.2) is 6.61 Å². The van der Waals surface area contributed by atoms with Crippen LogP contribution in [0.5, 0.6) is 5.75 Å². The van der Waals surface area contributed by atoms with Crippen LogP contribution in [0.25, 0.3) is 0 Å². The number of amides is 2. The summed E-state index contributed by atoms with van der Waals surface area (Å²) >= 11 is 6.13. The van der Waals surface area contributed by atoms with E-state index in [1.54, 1.807) is 17.0 Å². The Bertz CT molecular complexity index is 568. The quantitative estimate of drug-likeness (QED) is 0.668. The third kappa shape index (κ3) is 7.48. The van der Waals surface area contributed by atoms with Gasteiger partial charge in [-0.1, -0.05) is 11.6 Å². The molecule has 1 aromatic carbocycles. The van der Waals surface area contributed by atoms with Gasteiger partial charge in [0, 0.05) is 25.9 Å². The first-order valence-electron chi connectivity index (χ1n) is 7.68. The van der Waals surface area contributed by atoms with Crippen LogP contribution in [0.15, 0.2) is 18.2 Å². The summed E-state index contributed by atoms with van der Waals surface area (Å²) in [5.41, 5.74) is 6.13. The fraction of sp³-hybridized carbons (Fsp3) is 0.500. The van der Waals surface area contributed by atoms with E-state index in [1.807, 2.05) is 13.8 Å². The van der Waals surface area contributed by atoms with Gasteiger partial charge in [0.25, 0.3) is 5.91 Å². The largest absolute Gasteiger partial charge is 0.482 e. The molecule has 1 rings (SSSR count). The topological polar surface area (TPSA) is 93.9 Å². The average Bonchev–Trinajstić information content (AvgIpc) is 2.55. The van der Waals surface area contributed by atoms with Crippen LogP contribution < -0.4 is 15.8 Å². The molecule has 9 heteroatoms. The molecule has 0 heterocycles. The first-order valence-corrected chi connectivity index (χ1v) is 8.06. The lowest BCUT2D eigenvalue weighted by atomic mass is 10.2. The lowest BCUT2D eigenvalue weighted by Crippen LogP contribution is -2.39. The van der Waals surface area contributed by atoms with Gasteiger partial charge >= 0.3 is 0 Å². The minimum atomic E-state index is -0.767. The highest BCUT2D eigenvalue weighted by Gasteiger charge is 2.15. The summed E-state index contributed by atoms with van der Waals surface area (Å²) in [6, 6.07) is 3.99. The highest BCUT2D eigenvalue weighted by molar-refractivity contribution is 6.32. The van der Waals surface area contributed by atoms with E-state index < -0.39 is 6.04 Å². The molecule has 0 aromatic heterocycles. The summed E-state index contributed by atoms with van der Waals surface area (Å²) in [4.78, 5) is 25.4.